The summed E-state index contributed by atoms with van der Waals surface area (Å²) >= 11 is 0. The van der Waals surface area contributed by atoms with Crippen molar-refractivity contribution >= 4 is 11.9 Å². The third-order valence-electron chi connectivity index (χ3n) is 3.82. The van der Waals surface area contributed by atoms with Gasteiger partial charge < -0.3 is 10.4 Å². The number of allylic oxidation sites excluding steroid dienone is 1. The molecule has 1 aliphatic carbocycles. The van der Waals surface area contributed by atoms with Crippen molar-refractivity contribution in [2.45, 2.75) is 41.5 Å². The molecule has 18 heavy (non-hydrogen) atoms. The average molecular weight is 253 g/mol. The number of amides is 1. The molecule has 4 nitrogen and oxygen atoms in total. The Morgan fingerprint density at radius 2 is 1.78 bits per heavy atom. The molecule has 102 valence electrons. The lowest BCUT2D eigenvalue weighted by Gasteiger charge is -2.20. The van der Waals surface area contributed by atoms with Gasteiger partial charge in [0.15, 0.2) is 0 Å². The maximum atomic E-state index is 12.1. The summed E-state index contributed by atoms with van der Waals surface area (Å²) in [5.74, 6) is -1.13. The fourth-order valence-electron chi connectivity index (χ4n) is 3.20. The fourth-order valence-corrected chi connectivity index (χ4v) is 3.20. The van der Waals surface area contributed by atoms with Crippen LogP contribution in [0.25, 0.3) is 0 Å². The van der Waals surface area contributed by atoms with Crippen molar-refractivity contribution < 1.29 is 14.7 Å². The lowest BCUT2D eigenvalue weighted by molar-refractivity contribution is -0.135. The van der Waals surface area contributed by atoms with Crippen LogP contribution in [-0.4, -0.2) is 17.0 Å². The predicted molar refractivity (Wildman–Crippen MR) is 69.8 cm³/mol. The molecule has 2 N–H and O–H groups in total. The van der Waals surface area contributed by atoms with Crippen LogP contribution in [-0.2, 0) is 9.59 Å². The van der Waals surface area contributed by atoms with Crippen LogP contribution >= 0.6 is 0 Å². The van der Waals surface area contributed by atoms with Gasteiger partial charge in [0.25, 0.3) is 0 Å². The van der Waals surface area contributed by atoms with Gasteiger partial charge >= 0.3 is 5.97 Å². The summed E-state index contributed by atoms with van der Waals surface area (Å²) in [5.41, 5.74) is -0.0693. The second kappa shape index (κ2) is 4.41. The number of rotatable bonds is 3. The highest BCUT2D eigenvalue weighted by Gasteiger charge is 2.65. The number of hydrogen-bond acceptors (Lipinski definition) is 2. The van der Waals surface area contributed by atoms with Crippen LogP contribution in [0.2, 0.25) is 0 Å². The van der Waals surface area contributed by atoms with Crippen molar-refractivity contribution in [3.05, 3.63) is 11.8 Å². The van der Waals surface area contributed by atoms with E-state index in [0.29, 0.717) is 0 Å². The monoisotopic (exact) mass is 253 g/mol. The van der Waals surface area contributed by atoms with Gasteiger partial charge in [0.1, 0.15) is 5.70 Å². The van der Waals surface area contributed by atoms with Crippen LogP contribution in [0.4, 0.5) is 0 Å². The van der Waals surface area contributed by atoms with Gasteiger partial charge in [-0.25, -0.2) is 4.79 Å². The summed E-state index contributed by atoms with van der Waals surface area (Å²) in [6.45, 7) is 12.1. The third-order valence-corrected chi connectivity index (χ3v) is 3.82. The fraction of sp³-hybridized carbons (Fsp3) is 0.714. The van der Waals surface area contributed by atoms with E-state index in [4.69, 9.17) is 5.11 Å². The Kier molecular flexibility index (Phi) is 3.61. The molecule has 1 saturated carbocycles. The summed E-state index contributed by atoms with van der Waals surface area (Å²) < 4.78 is 0. The van der Waals surface area contributed by atoms with Gasteiger partial charge in [0.05, 0.1) is 0 Å². The van der Waals surface area contributed by atoms with E-state index in [1.54, 1.807) is 6.92 Å². The lowest BCUT2D eigenvalue weighted by Crippen LogP contribution is -2.30. The van der Waals surface area contributed by atoms with Gasteiger partial charge in [0, 0.05) is 5.92 Å². The molecule has 0 aromatic heterocycles. The minimum absolute atomic E-state index is 0.0460. The highest BCUT2D eigenvalue weighted by Crippen LogP contribution is 2.65. The number of carboxylic acid groups (broad SMARTS) is 1. The van der Waals surface area contributed by atoms with Crippen molar-refractivity contribution in [2.24, 2.45) is 22.7 Å². The first-order chi connectivity index (χ1) is 8.03. The molecular weight excluding hydrogens is 230 g/mol. The van der Waals surface area contributed by atoms with Crippen LogP contribution in [0.15, 0.2) is 11.8 Å². The van der Waals surface area contributed by atoms with Gasteiger partial charge in [-0.3, -0.25) is 4.79 Å². The minimum atomic E-state index is -1.10. The van der Waals surface area contributed by atoms with E-state index < -0.39 is 5.97 Å². The van der Waals surface area contributed by atoms with E-state index in [-0.39, 0.29) is 34.3 Å². The van der Waals surface area contributed by atoms with E-state index in [1.807, 2.05) is 0 Å². The Morgan fingerprint density at radius 3 is 2.06 bits per heavy atom. The van der Waals surface area contributed by atoms with Crippen molar-refractivity contribution in [1.82, 2.24) is 5.32 Å². The maximum Gasteiger partial charge on any atom is 0.352 e. The number of nitrogens with one attached hydrogen (secondary N) is 1. The smallest absolute Gasteiger partial charge is 0.352 e. The molecule has 2 atom stereocenters. The first-order valence-electron chi connectivity index (χ1n) is 6.24. The van der Waals surface area contributed by atoms with Crippen molar-refractivity contribution in [3.63, 3.8) is 0 Å². The third kappa shape index (κ3) is 2.57. The number of hydrogen-bond donors (Lipinski definition) is 2. The molecule has 1 aliphatic rings. The van der Waals surface area contributed by atoms with Gasteiger partial charge in [-0.15, -0.1) is 0 Å². The van der Waals surface area contributed by atoms with Crippen LogP contribution < -0.4 is 5.32 Å². The van der Waals surface area contributed by atoms with E-state index in [9.17, 15) is 9.59 Å². The molecule has 0 saturated heterocycles. The summed E-state index contributed by atoms with van der Waals surface area (Å²) in [6.07, 6.45) is 1.40. The zero-order valence-corrected chi connectivity index (χ0v) is 12.0. The standard InChI is InChI=1S/C14H23NO3/c1-7-8(12(17)18)15-11(16)9-10(13(2,3)4)14(9,5)6/h7,9-10H,1-6H3,(H,15,16)(H,17,18)/b8-7-. The zero-order valence-electron chi connectivity index (χ0n) is 12.0. The Bertz CT molecular complexity index is 402. The van der Waals surface area contributed by atoms with Gasteiger partial charge in [-0.2, -0.15) is 0 Å². The zero-order chi connectivity index (χ0) is 14.3. The largest absolute Gasteiger partial charge is 0.477 e. The molecule has 0 bridgehead atoms. The normalized spacial score (nSPS) is 26.7. The van der Waals surface area contributed by atoms with Crippen molar-refractivity contribution in [1.29, 1.82) is 0 Å². The second-order valence-corrected chi connectivity index (χ2v) is 6.64. The molecule has 0 spiro atoms. The molecule has 1 fully saturated rings. The van der Waals surface area contributed by atoms with Gasteiger partial charge in [-0.05, 0) is 23.7 Å². The molecule has 1 rings (SSSR count). The number of carbonyl (C=O) groups is 2. The van der Waals surface area contributed by atoms with Crippen LogP contribution in [0, 0.1) is 22.7 Å². The summed E-state index contributed by atoms with van der Waals surface area (Å²) in [4.78, 5) is 23.0. The second-order valence-electron chi connectivity index (χ2n) is 6.64. The molecule has 0 heterocycles. The maximum absolute atomic E-state index is 12.1. The molecule has 4 heteroatoms. The molecule has 0 aliphatic heterocycles. The Balaban J connectivity index is 2.80. The topological polar surface area (TPSA) is 66.4 Å². The predicted octanol–water partition coefficient (Wildman–Crippen LogP) is 2.41. The summed E-state index contributed by atoms with van der Waals surface area (Å²) in [7, 11) is 0. The number of carboxylic acids is 1. The van der Waals surface area contributed by atoms with Crippen LogP contribution in [0.3, 0.4) is 0 Å². The van der Waals surface area contributed by atoms with Crippen molar-refractivity contribution in [3.8, 4) is 0 Å². The van der Waals surface area contributed by atoms with Gasteiger partial charge in [-0.1, -0.05) is 40.7 Å². The SMILES string of the molecule is C/C=C(\NC(=O)C1C(C(C)(C)C)C1(C)C)C(=O)O. The molecule has 0 aromatic rings. The average Bonchev–Trinajstić information content (AvgIpc) is 2.77. The van der Waals surface area contributed by atoms with E-state index in [1.165, 1.54) is 6.08 Å². The first-order valence-corrected chi connectivity index (χ1v) is 6.24. The Hall–Kier alpha value is -1.32. The minimum Gasteiger partial charge on any atom is -0.477 e. The van der Waals surface area contributed by atoms with E-state index in [2.05, 4.69) is 39.9 Å². The Labute approximate surface area is 108 Å². The van der Waals surface area contributed by atoms with E-state index in [0.717, 1.165) is 0 Å². The van der Waals surface area contributed by atoms with Crippen LogP contribution in [0.1, 0.15) is 41.5 Å². The molecule has 0 aromatic carbocycles. The number of aliphatic carboxylic acids is 1. The highest BCUT2D eigenvalue weighted by molar-refractivity contribution is 5.94. The molecule has 1 amide bonds. The van der Waals surface area contributed by atoms with Gasteiger partial charge in [0.2, 0.25) is 5.91 Å². The van der Waals surface area contributed by atoms with Crippen LogP contribution in [0.5, 0.6) is 0 Å². The molecular formula is C14H23NO3. The molecule has 0 radical (unpaired) electrons. The molecule has 2 unspecified atom stereocenters. The lowest BCUT2D eigenvalue weighted by atomic mass is 9.85. The summed E-state index contributed by atoms with van der Waals surface area (Å²) in [5, 5.41) is 11.4. The van der Waals surface area contributed by atoms with E-state index >= 15 is 0 Å². The van der Waals surface area contributed by atoms with Crippen molar-refractivity contribution in [2.75, 3.05) is 0 Å². The quantitative estimate of drug-likeness (QED) is 0.759. The Morgan fingerprint density at radius 1 is 1.28 bits per heavy atom. The summed E-state index contributed by atoms with van der Waals surface area (Å²) in [6, 6.07) is 0. The highest BCUT2D eigenvalue weighted by atomic mass is 16.4. The number of carbonyl (C=O) groups excluding carboxylic acids is 1. The first kappa shape index (κ1) is 14.7.